The molecule has 1 N–H and O–H groups in total. The molecule has 1 amide bonds. The van der Waals surface area contributed by atoms with E-state index in [9.17, 15) is 4.79 Å². The van der Waals surface area contributed by atoms with E-state index in [4.69, 9.17) is 0 Å². The number of piperidine rings is 1. The summed E-state index contributed by atoms with van der Waals surface area (Å²) in [5.74, 6) is 0.332. The van der Waals surface area contributed by atoms with Crippen LogP contribution in [0.4, 0.5) is 5.69 Å². The molecule has 1 saturated heterocycles. The zero-order chi connectivity index (χ0) is 21.1. The average molecular weight is 405 g/mol. The van der Waals surface area contributed by atoms with Gasteiger partial charge in [-0.25, -0.2) is 14.6 Å². The minimum atomic E-state index is -0.228. The van der Waals surface area contributed by atoms with Crippen molar-refractivity contribution in [2.75, 3.05) is 18.4 Å². The predicted octanol–water partition coefficient (Wildman–Crippen LogP) is 3.49. The molecule has 1 aromatic carbocycles. The van der Waals surface area contributed by atoms with Crippen LogP contribution in [0.1, 0.15) is 42.8 Å². The normalized spacial score (nSPS) is 18.2. The van der Waals surface area contributed by atoms with Crippen LogP contribution in [-0.4, -0.2) is 49.7 Å². The van der Waals surface area contributed by atoms with Gasteiger partial charge in [0.15, 0.2) is 0 Å². The highest BCUT2D eigenvalue weighted by Gasteiger charge is 2.29. The van der Waals surface area contributed by atoms with Gasteiger partial charge in [0.05, 0.1) is 28.8 Å². The van der Waals surface area contributed by atoms with Gasteiger partial charge >= 0.3 is 0 Å². The molecular weight excluding hydrogens is 376 g/mol. The Labute approximate surface area is 177 Å². The van der Waals surface area contributed by atoms with Crippen LogP contribution in [0.3, 0.4) is 0 Å². The molecule has 2 unspecified atom stereocenters. The summed E-state index contributed by atoms with van der Waals surface area (Å²) in [7, 11) is 0. The molecule has 7 nitrogen and oxygen atoms in total. The highest BCUT2D eigenvalue weighted by atomic mass is 16.2. The third kappa shape index (κ3) is 4.11. The van der Waals surface area contributed by atoms with Gasteiger partial charge in [0.1, 0.15) is 6.33 Å². The molecule has 0 bridgehead atoms. The van der Waals surface area contributed by atoms with Gasteiger partial charge in [-0.3, -0.25) is 9.69 Å². The van der Waals surface area contributed by atoms with Crippen molar-refractivity contribution in [1.82, 2.24) is 24.6 Å². The van der Waals surface area contributed by atoms with Crippen LogP contribution in [-0.2, 0) is 4.79 Å². The minimum absolute atomic E-state index is 0.00264. The molecule has 3 aromatic rings. The number of carbonyl (C=O) groups excluding carboxylic acids is 1. The molecule has 156 valence electrons. The fraction of sp³-hybridized carbons (Fsp3) is 0.391. The van der Waals surface area contributed by atoms with Crippen LogP contribution >= 0.6 is 0 Å². The highest BCUT2D eigenvalue weighted by molar-refractivity contribution is 5.95. The van der Waals surface area contributed by atoms with Crippen LogP contribution in [0.2, 0.25) is 0 Å². The summed E-state index contributed by atoms with van der Waals surface area (Å²) in [6, 6.07) is 11.7. The largest absolute Gasteiger partial charge is 0.322 e. The summed E-state index contributed by atoms with van der Waals surface area (Å²) in [5.41, 5.74) is 4.57. The standard InChI is InChI=1S/C23H28N6O/c1-16-22(17(2)29(27-16)20-9-5-4-6-10-20)26-23(30)18(3)28-13-7-8-19(14-28)21-11-12-24-15-25-21/h4-6,9-12,15,18-19H,7-8,13-14H2,1-3H3,(H,26,30). The van der Waals surface area contributed by atoms with Crippen molar-refractivity contribution in [3.8, 4) is 5.69 Å². The molecule has 7 heteroatoms. The van der Waals surface area contributed by atoms with E-state index in [1.54, 1.807) is 12.5 Å². The average Bonchev–Trinajstić information content (AvgIpc) is 3.08. The van der Waals surface area contributed by atoms with Gasteiger partial charge in [-0.15, -0.1) is 0 Å². The number of nitrogens with one attached hydrogen (secondary N) is 1. The minimum Gasteiger partial charge on any atom is -0.322 e. The molecule has 0 saturated carbocycles. The van der Waals surface area contributed by atoms with Crippen LogP contribution in [0.25, 0.3) is 5.69 Å². The number of para-hydroxylation sites is 1. The summed E-state index contributed by atoms with van der Waals surface area (Å²) >= 11 is 0. The Morgan fingerprint density at radius 3 is 2.73 bits per heavy atom. The van der Waals surface area contributed by atoms with Gasteiger partial charge in [-0.2, -0.15) is 5.10 Å². The molecule has 2 aromatic heterocycles. The van der Waals surface area contributed by atoms with Crippen LogP contribution in [0, 0.1) is 13.8 Å². The maximum atomic E-state index is 13.1. The molecular formula is C23H28N6O. The van der Waals surface area contributed by atoms with E-state index >= 15 is 0 Å². The lowest BCUT2D eigenvalue weighted by atomic mass is 9.93. The lowest BCUT2D eigenvalue weighted by Gasteiger charge is -2.35. The third-order valence-corrected chi connectivity index (χ3v) is 5.94. The molecule has 1 aliphatic rings. The smallest absolute Gasteiger partial charge is 0.241 e. The van der Waals surface area contributed by atoms with Gasteiger partial charge in [0.2, 0.25) is 5.91 Å². The fourth-order valence-electron chi connectivity index (χ4n) is 4.18. The second-order valence-corrected chi connectivity index (χ2v) is 7.93. The number of amides is 1. The second kappa shape index (κ2) is 8.75. The second-order valence-electron chi connectivity index (χ2n) is 7.93. The molecule has 4 rings (SSSR count). The number of hydrogen-bond donors (Lipinski definition) is 1. The summed E-state index contributed by atoms with van der Waals surface area (Å²) in [6.07, 6.45) is 5.52. The Morgan fingerprint density at radius 2 is 2.00 bits per heavy atom. The van der Waals surface area contributed by atoms with E-state index in [1.807, 2.05) is 61.9 Å². The lowest BCUT2D eigenvalue weighted by molar-refractivity contribution is -0.121. The number of anilines is 1. The molecule has 0 radical (unpaired) electrons. The van der Waals surface area contributed by atoms with Crippen molar-refractivity contribution < 1.29 is 4.79 Å². The molecule has 0 spiro atoms. The summed E-state index contributed by atoms with van der Waals surface area (Å²) < 4.78 is 1.88. The monoisotopic (exact) mass is 404 g/mol. The first-order valence-electron chi connectivity index (χ1n) is 10.5. The first-order chi connectivity index (χ1) is 14.5. The molecule has 3 heterocycles. The Kier molecular flexibility index (Phi) is 5.90. The maximum absolute atomic E-state index is 13.1. The van der Waals surface area contributed by atoms with Crippen LogP contribution < -0.4 is 5.32 Å². The van der Waals surface area contributed by atoms with Crippen molar-refractivity contribution >= 4 is 11.6 Å². The predicted molar refractivity (Wildman–Crippen MR) is 117 cm³/mol. The number of hydrogen-bond acceptors (Lipinski definition) is 5. The zero-order valence-corrected chi connectivity index (χ0v) is 17.7. The summed E-state index contributed by atoms with van der Waals surface area (Å²) in [5, 5.41) is 7.76. The number of likely N-dealkylation sites (tertiary alicyclic amines) is 1. The van der Waals surface area contributed by atoms with E-state index in [0.717, 1.165) is 54.4 Å². The first kappa shape index (κ1) is 20.2. The van der Waals surface area contributed by atoms with Crippen molar-refractivity contribution in [3.05, 3.63) is 66.0 Å². The Balaban J connectivity index is 1.47. The quantitative estimate of drug-likeness (QED) is 0.705. The van der Waals surface area contributed by atoms with Gasteiger partial charge in [-0.1, -0.05) is 18.2 Å². The van der Waals surface area contributed by atoms with Crippen molar-refractivity contribution in [2.24, 2.45) is 0 Å². The summed E-state index contributed by atoms with van der Waals surface area (Å²) in [6.45, 7) is 7.63. The van der Waals surface area contributed by atoms with Gasteiger partial charge < -0.3 is 5.32 Å². The Hall–Kier alpha value is -3.06. The molecule has 1 aliphatic heterocycles. The number of benzene rings is 1. The number of carbonyl (C=O) groups is 1. The van der Waals surface area contributed by atoms with E-state index in [1.165, 1.54) is 0 Å². The zero-order valence-electron chi connectivity index (χ0n) is 17.7. The molecule has 30 heavy (non-hydrogen) atoms. The van der Waals surface area contributed by atoms with E-state index in [-0.39, 0.29) is 11.9 Å². The van der Waals surface area contributed by atoms with Crippen molar-refractivity contribution in [2.45, 2.75) is 45.6 Å². The van der Waals surface area contributed by atoms with E-state index in [2.05, 4.69) is 25.3 Å². The van der Waals surface area contributed by atoms with Gasteiger partial charge in [-0.05, 0) is 58.4 Å². The topological polar surface area (TPSA) is 75.9 Å². The van der Waals surface area contributed by atoms with Crippen LogP contribution in [0.5, 0.6) is 0 Å². The first-order valence-corrected chi connectivity index (χ1v) is 10.5. The van der Waals surface area contributed by atoms with Gasteiger partial charge in [0.25, 0.3) is 0 Å². The lowest BCUT2D eigenvalue weighted by Crippen LogP contribution is -2.46. The number of aromatic nitrogens is 4. The number of aryl methyl sites for hydroxylation is 1. The van der Waals surface area contributed by atoms with Gasteiger partial charge in [0, 0.05) is 24.4 Å². The van der Waals surface area contributed by atoms with Crippen molar-refractivity contribution in [3.63, 3.8) is 0 Å². The number of nitrogens with zero attached hydrogens (tertiary/aromatic N) is 5. The SMILES string of the molecule is Cc1nn(-c2ccccc2)c(C)c1NC(=O)C(C)N1CCCC(c2ccncn2)C1. The third-order valence-electron chi connectivity index (χ3n) is 5.94. The number of rotatable bonds is 5. The van der Waals surface area contributed by atoms with Crippen molar-refractivity contribution in [1.29, 1.82) is 0 Å². The fourth-order valence-corrected chi connectivity index (χ4v) is 4.18. The summed E-state index contributed by atoms with van der Waals surface area (Å²) in [4.78, 5) is 23.8. The highest BCUT2D eigenvalue weighted by Crippen LogP contribution is 2.27. The molecule has 0 aliphatic carbocycles. The Morgan fingerprint density at radius 1 is 1.20 bits per heavy atom. The maximum Gasteiger partial charge on any atom is 0.241 e. The van der Waals surface area contributed by atoms with E-state index < -0.39 is 0 Å². The Bertz CT molecular complexity index is 1000. The van der Waals surface area contributed by atoms with E-state index in [0.29, 0.717) is 5.92 Å². The molecule has 2 atom stereocenters. The van der Waals surface area contributed by atoms with Crippen LogP contribution in [0.15, 0.2) is 48.9 Å². The molecule has 1 fully saturated rings.